The molecule has 5 nitrogen and oxygen atoms in total. The lowest BCUT2D eigenvalue weighted by Crippen LogP contribution is -2.57. The van der Waals surface area contributed by atoms with E-state index in [0.29, 0.717) is 17.0 Å². The highest BCUT2D eigenvalue weighted by Gasteiger charge is 2.34. The molecule has 0 aliphatic carbocycles. The molecule has 3 aliphatic heterocycles. The second kappa shape index (κ2) is 7.74. The van der Waals surface area contributed by atoms with Crippen LogP contribution in [0.5, 0.6) is 0 Å². The van der Waals surface area contributed by atoms with Crippen LogP contribution in [0, 0.1) is 5.92 Å². The van der Waals surface area contributed by atoms with Gasteiger partial charge in [0, 0.05) is 33.5 Å². The van der Waals surface area contributed by atoms with Crippen LogP contribution in [0.2, 0.25) is 0 Å². The van der Waals surface area contributed by atoms with Crippen molar-refractivity contribution in [1.82, 2.24) is 10.2 Å². The van der Waals surface area contributed by atoms with Gasteiger partial charge in [-0.2, -0.15) is 0 Å². The number of amides is 2. The van der Waals surface area contributed by atoms with E-state index in [1.54, 1.807) is 23.9 Å². The van der Waals surface area contributed by atoms with Gasteiger partial charge >= 0.3 is 0 Å². The van der Waals surface area contributed by atoms with E-state index in [9.17, 15) is 9.59 Å². The number of carbonyl (C=O) groups is 2. The first-order chi connectivity index (χ1) is 13.1. The minimum atomic E-state index is -0.426. The van der Waals surface area contributed by atoms with Gasteiger partial charge in [0.15, 0.2) is 0 Å². The van der Waals surface area contributed by atoms with E-state index >= 15 is 0 Å². The predicted molar refractivity (Wildman–Crippen MR) is 106 cm³/mol. The number of nitrogens with zero attached hydrogens (tertiary/aromatic N) is 1. The molecule has 3 heterocycles. The quantitative estimate of drug-likeness (QED) is 0.835. The van der Waals surface area contributed by atoms with Crippen LogP contribution >= 0.6 is 11.8 Å². The fraction of sp³-hybridized carbons (Fsp3) is 0.333. The van der Waals surface area contributed by atoms with E-state index in [1.807, 2.05) is 36.4 Å². The number of nitrogens with two attached hydrogens (primary N) is 1. The van der Waals surface area contributed by atoms with Gasteiger partial charge < -0.3 is 16.0 Å². The molecule has 2 aromatic carbocycles. The molecular formula is C21H23N3O2S. The maximum absolute atomic E-state index is 12.6. The Morgan fingerprint density at radius 3 is 1.96 bits per heavy atom. The van der Waals surface area contributed by atoms with Gasteiger partial charge in [0.1, 0.15) is 0 Å². The molecular weight excluding hydrogens is 358 g/mol. The maximum atomic E-state index is 12.6. The summed E-state index contributed by atoms with van der Waals surface area (Å²) in [5, 5.41) is 3.22. The second-order valence-electron chi connectivity index (χ2n) is 7.23. The van der Waals surface area contributed by atoms with Crippen molar-refractivity contribution >= 4 is 23.6 Å². The van der Waals surface area contributed by atoms with E-state index in [0.717, 1.165) is 16.3 Å². The highest BCUT2D eigenvalue weighted by atomic mass is 32.2. The molecule has 27 heavy (non-hydrogen) atoms. The molecule has 3 saturated heterocycles. The normalized spacial score (nSPS) is 23.8. The zero-order chi connectivity index (χ0) is 18.8. The third-order valence-corrected chi connectivity index (χ3v) is 6.48. The van der Waals surface area contributed by atoms with Gasteiger partial charge in [-0.1, -0.05) is 11.8 Å². The smallest absolute Gasteiger partial charge is 0.251 e. The first-order valence-electron chi connectivity index (χ1n) is 9.29. The standard InChI is InChI=1S/C21H23N3O2S/c22-20(25)15-1-5-17(6-2-15)27-18-7-3-16(4-8-18)21(26)23-19-13-24-11-9-14(19)10-12-24/h1-8,14,19H,9-13H2,(H2,22,25)(H,23,26). The Morgan fingerprint density at radius 2 is 1.48 bits per heavy atom. The highest BCUT2D eigenvalue weighted by molar-refractivity contribution is 7.99. The average molecular weight is 382 g/mol. The number of benzene rings is 2. The summed E-state index contributed by atoms with van der Waals surface area (Å²) in [4.78, 5) is 28.2. The van der Waals surface area contributed by atoms with Crippen molar-refractivity contribution in [3.8, 4) is 0 Å². The van der Waals surface area contributed by atoms with Gasteiger partial charge in [0.05, 0.1) is 0 Å². The second-order valence-corrected chi connectivity index (χ2v) is 8.38. The van der Waals surface area contributed by atoms with Crippen molar-refractivity contribution in [3.05, 3.63) is 59.7 Å². The van der Waals surface area contributed by atoms with Gasteiger partial charge in [-0.05, 0) is 80.4 Å². The van der Waals surface area contributed by atoms with Crippen LogP contribution in [0.4, 0.5) is 0 Å². The number of piperidine rings is 3. The summed E-state index contributed by atoms with van der Waals surface area (Å²) in [6.07, 6.45) is 2.38. The van der Waals surface area contributed by atoms with Crippen LogP contribution in [0.1, 0.15) is 33.6 Å². The molecule has 140 valence electrons. The summed E-state index contributed by atoms with van der Waals surface area (Å²) in [6, 6.07) is 15.1. The lowest BCUT2D eigenvalue weighted by molar-refractivity contribution is 0.0620. The molecule has 6 heteroatoms. The van der Waals surface area contributed by atoms with Gasteiger partial charge in [-0.15, -0.1) is 0 Å². The van der Waals surface area contributed by atoms with Crippen LogP contribution in [-0.4, -0.2) is 42.4 Å². The molecule has 2 aromatic rings. The van der Waals surface area contributed by atoms with Crippen molar-refractivity contribution in [3.63, 3.8) is 0 Å². The SMILES string of the molecule is NC(=O)c1ccc(Sc2ccc(C(=O)NC3CN4CCC3CC4)cc2)cc1. The number of primary amides is 1. The Morgan fingerprint density at radius 1 is 0.926 bits per heavy atom. The van der Waals surface area contributed by atoms with E-state index in [-0.39, 0.29) is 11.9 Å². The Labute approximate surface area is 163 Å². The van der Waals surface area contributed by atoms with Crippen LogP contribution in [0.25, 0.3) is 0 Å². The number of fused-ring (bicyclic) bond motifs is 3. The Bertz CT molecular complexity index is 828. The van der Waals surface area contributed by atoms with E-state index in [1.165, 1.54) is 25.9 Å². The molecule has 1 unspecified atom stereocenters. The Kier molecular flexibility index (Phi) is 5.18. The van der Waals surface area contributed by atoms with Crippen LogP contribution < -0.4 is 11.1 Å². The van der Waals surface area contributed by atoms with E-state index in [4.69, 9.17) is 5.73 Å². The molecule has 0 radical (unpaired) electrons. The summed E-state index contributed by atoms with van der Waals surface area (Å²) in [6.45, 7) is 3.32. The van der Waals surface area contributed by atoms with Crippen molar-refractivity contribution in [1.29, 1.82) is 0 Å². The zero-order valence-electron chi connectivity index (χ0n) is 15.1. The van der Waals surface area contributed by atoms with Crippen molar-refractivity contribution in [2.24, 2.45) is 11.7 Å². The summed E-state index contributed by atoms with van der Waals surface area (Å²) < 4.78 is 0. The minimum Gasteiger partial charge on any atom is -0.366 e. The fourth-order valence-corrected chi connectivity index (χ4v) is 4.69. The molecule has 3 aliphatic rings. The molecule has 3 N–H and O–H groups in total. The summed E-state index contributed by atoms with van der Waals surface area (Å²) >= 11 is 1.58. The van der Waals surface area contributed by atoms with Crippen LogP contribution in [-0.2, 0) is 0 Å². The first-order valence-corrected chi connectivity index (χ1v) is 10.1. The number of hydrogen-bond donors (Lipinski definition) is 2. The summed E-state index contributed by atoms with van der Waals surface area (Å²) in [5.74, 6) is 0.207. The first kappa shape index (κ1) is 18.1. The molecule has 1 atom stereocenters. The summed E-state index contributed by atoms with van der Waals surface area (Å²) in [5.41, 5.74) is 6.46. The average Bonchev–Trinajstić information content (AvgIpc) is 2.70. The number of hydrogen-bond acceptors (Lipinski definition) is 4. The highest BCUT2D eigenvalue weighted by Crippen LogP contribution is 2.29. The molecule has 2 bridgehead atoms. The minimum absolute atomic E-state index is 0.0103. The topological polar surface area (TPSA) is 75.4 Å². The van der Waals surface area contributed by atoms with Crippen molar-refractivity contribution in [2.75, 3.05) is 19.6 Å². The van der Waals surface area contributed by atoms with Gasteiger partial charge in [0.2, 0.25) is 5.91 Å². The summed E-state index contributed by atoms with van der Waals surface area (Å²) in [7, 11) is 0. The number of nitrogens with one attached hydrogen (secondary N) is 1. The van der Waals surface area contributed by atoms with Crippen LogP contribution in [0.3, 0.4) is 0 Å². The number of carbonyl (C=O) groups excluding carboxylic acids is 2. The van der Waals surface area contributed by atoms with Crippen LogP contribution in [0.15, 0.2) is 58.3 Å². The fourth-order valence-electron chi connectivity index (χ4n) is 3.88. The third-order valence-electron chi connectivity index (χ3n) is 5.46. The monoisotopic (exact) mass is 381 g/mol. The lowest BCUT2D eigenvalue weighted by atomic mass is 9.84. The Balaban J connectivity index is 1.36. The predicted octanol–water partition coefficient (Wildman–Crippen LogP) is 2.76. The van der Waals surface area contributed by atoms with Gasteiger partial charge in [-0.3, -0.25) is 9.59 Å². The Hall–Kier alpha value is -2.31. The largest absolute Gasteiger partial charge is 0.366 e. The number of rotatable bonds is 5. The molecule has 3 fully saturated rings. The van der Waals surface area contributed by atoms with E-state index < -0.39 is 5.91 Å². The van der Waals surface area contributed by atoms with Crippen molar-refractivity contribution < 1.29 is 9.59 Å². The molecule has 2 amide bonds. The van der Waals surface area contributed by atoms with E-state index in [2.05, 4.69) is 10.2 Å². The molecule has 5 rings (SSSR count). The maximum Gasteiger partial charge on any atom is 0.251 e. The zero-order valence-corrected chi connectivity index (χ0v) is 15.9. The third kappa shape index (κ3) is 4.17. The molecule has 0 spiro atoms. The van der Waals surface area contributed by atoms with Gasteiger partial charge in [0.25, 0.3) is 5.91 Å². The molecule has 0 saturated carbocycles. The van der Waals surface area contributed by atoms with Gasteiger partial charge in [-0.25, -0.2) is 0 Å². The lowest BCUT2D eigenvalue weighted by Gasteiger charge is -2.44. The molecule has 0 aromatic heterocycles. The van der Waals surface area contributed by atoms with Crippen molar-refractivity contribution in [2.45, 2.75) is 28.7 Å².